The Morgan fingerprint density at radius 2 is 2.00 bits per heavy atom. The number of fused-ring (bicyclic) bond motifs is 1. The number of ether oxygens (including phenoxy) is 3. The smallest absolute Gasteiger partial charge is 0.161 e. The summed E-state index contributed by atoms with van der Waals surface area (Å²) in [4.78, 5) is 2.42. The molecule has 5 heteroatoms. The van der Waals surface area contributed by atoms with E-state index in [2.05, 4.69) is 24.0 Å². The van der Waals surface area contributed by atoms with E-state index in [1.165, 1.54) is 5.56 Å². The van der Waals surface area contributed by atoms with Crippen molar-refractivity contribution in [1.29, 1.82) is 0 Å². The summed E-state index contributed by atoms with van der Waals surface area (Å²) in [6, 6.07) is 6.39. The SMILES string of the molecule is CCN1CCOC(CN)C1c1ccc2c(c1)OCCCO2. The number of morpholine rings is 1. The number of benzene rings is 1. The van der Waals surface area contributed by atoms with Gasteiger partial charge in [-0.3, -0.25) is 4.90 Å². The Labute approximate surface area is 126 Å². The van der Waals surface area contributed by atoms with Crippen LogP contribution in [-0.4, -0.2) is 50.5 Å². The van der Waals surface area contributed by atoms with Crippen molar-refractivity contribution < 1.29 is 14.2 Å². The molecule has 2 aliphatic heterocycles. The molecular formula is C16H24N2O3. The molecule has 0 radical (unpaired) electrons. The summed E-state index contributed by atoms with van der Waals surface area (Å²) >= 11 is 0. The Kier molecular flexibility index (Phi) is 4.63. The molecule has 21 heavy (non-hydrogen) atoms. The number of hydrogen-bond acceptors (Lipinski definition) is 5. The number of likely N-dealkylation sites (N-methyl/N-ethyl adjacent to an activating group) is 1. The second-order valence-corrected chi connectivity index (χ2v) is 5.48. The maximum absolute atomic E-state index is 5.90. The fraction of sp³-hybridized carbons (Fsp3) is 0.625. The molecule has 1 aromatic carbocycles. The summed E-state index contributed by atoms with van der Waals surface area (Å²) < 4.78 is 17.4. The predicted molar refractivity (Wildman–Crippen MR) is 80.8 cm³/mol. The first-order chi connectivity index (χ1) is 10.3. The van der Waals surface area contributed by atoms with Crippen LogP contribution in [-0.2, 0) is 4.74 Å². The molecule has 0 spiro atoms. The Morgan fingerprint density at radius 1 is 1.19 bits per heavy atom. The lowest BCUT2D eigenvalue weighted by Crippen LogP contribution is -2.48. The highest BCUT2D eigenvalue weighted by Gasteiger charge is 2.32. The Morgan fingerprint density at radius 3 is 2.76 bits per heavy atom. The van der Waals surface area contributed by atoms with Gasteiger partial charge in [-0.25, -0.2) is 0 Å². The molecule has 1 aromatic rings. The summed E-state index contributed by atoms with van der Waals surface area (Å²) in [7, 11) is 0. The van der Waals surface area contributed by atoms with Crippen molar-refractivity contribution in [3.63, 3.8) is 0 Å². The van der Waals surface area contributed by atoms with Gasteiger partial charge in [0.2, 0.25) is 0 Å². The molecular weight excluding hydrogens is 268 g/mol. The second-order valence-electron chi connectivity index (χ2n) is 5.48. The molecule has 1 fully saturated rings. The van der Waals surface area contributed by atoms with Gasteiger partial charge < -0.3 is 19.9 Å². The molecule has 0 aliphatic carbocycles. The average molecular weight is 292 g/mol. The molecule has 0 saturated carbocycles. The van der Waals surface area contributed by atoms with Crippen molar-refractivity contribution in [2.75, 3.05) is 39.5 Å². The number of nitrogens with zero attached hydrogens (tertiary/aromatic N) is 1. The summed E-state index contributed by atoms with van der Waals surface area (Å²) in [6.07, 6.45) is 0.951. The minimum absolute atomic E-state index is 0.0310. The Balaban J connectivity index is 1.91. The highest BCUT2D eigenvalue weighted by molar-refractivity contribution is 5.44. The van der Waals surface area contributed by atoms with Crippen LogP contribution in [0.3, 0.4) is 0 Å². The van der Waals surface area contributed by atoms with Gasteiger partial charge in [0.15, 0.2) is 11.5 Å². The van der Waals surface area contributed by atoms with Crippen molar-refractivity contribution >= 4 is 0 Å². The van der Waals surface area contributed by atoms with Gasteiger partial charge in [0.05, 0.1) is 32.0 Å². The first-order valence-electron chi connectivity index (χ1n) is 7.78. The largest absolute Gasteiger partial charge is 0.490 e. The molecule has 116 valence electrons. The van der Waals surface area contributed by atoms with Gasteiger partial charge in [0.25, 0.3) is 0 Å². The third kappa shape index (κ3) is 3.00. The van der Waals surface area contributed by atoms with E-state index in [9.17, 15) is 0 Å². The molecule has 2 unspecified atom stereocenters. The fourth-order valence-electron chi connectivity index (χ4n) is 3.13. The highest BCUT2D eigenvalue weighted by atomic mass is 16.5. The standard InChI is InChI=1S/C16H24N2O3/c1-2-18-6-9-21-15(11-17)16(18)12-4-5-13-14(10-12)20-8-3-7-19-13/h4-5,10,15-16H,2-3,6-9,11,17H2,1H3. The van der Waals surface area contributed by atoms with E-state index in [0.29, 0.717) is 19.8 Å². The fourth-order valence-corrected chi connectivity index (χ4v) is 3.13. The maximum atomic E-state index is 5.90. The summed E-state index contributed by atoms with van der Waals surface area (Å²) in [6.45, 7) is 6.78. The predicted octanol–water partition coefficient (Wildman–Crippen LogP) is 1.57. The van der Waals surface area contributed by atoms with Crippen LogP contribution in [0, 0.1) is 0 Å². The first-order valence-corrected chi connectivity index (χ1v) is 7.78. The maximum Gasteiger partial charge on any atom is 0.161 e. The minimum atomic E-state index is 0.0310. The molecule has 1 saturated heterocycles. The van der Waals surface area contributed by atoms with E-state index in [-0.39, 0.29) is 12.1 Å². The quantitative estimate of drug-likeness (QED) is 0.916. The summed E-state index contributed by atoms with van der Waals surface area (Å²) in [5.41, 5.74) is 7.09. The molecule has 2 heterocycles. The van der Waals surface area contributed by atoms with Gasteiger partial charge in [-0.1, -0.05) is 13.0 Å². The van der Waals surface area contributed by atoms with Gasteiger partial charge in [0.1, 0.15) is 0 Å². The van der Waals surface area contributed by atoms with E-state index in [1.54, 1.807) is 0 Å². The second kappa shape index (κ2) is 6.64. The summed E-state index contributed by atoms with van der Waals surface area (Å²) in [5.74, 6) is 1.67. The first kappa shape index (κ1) is 14.6. The van der Waals surface area contributed by atoms with E-state index < -0.39 is 0 Å². The van der Waals surface area contributed by atoms with Gasteiger partial charge >= 0.3 is 0 Å². The molecule has 0 amide bonds. The summed E-state index contributed by atoms with van der Waals surface area (Å²) in [5, 5.41) is 0. The van der Waals surface area contributed by atoms with Crippen molar-refractivity contribution in [2.45, 2.75) is 25.5 Å². The highest BCUT2D eigenvalue weighted by Crippen LogP contribution is 2.36. The molecule has 2 aliphatic rings. The Hall–Kier alpha value is -1.30. The molecule has 5 nitrogen and oxygen atoms in total. The van der Waals surface area contributed by atoms with E-state index >= 15 is 0 Å². The lowest BCUT2D eigenvalue weighted by atomic mass is 9.97. The van der Waals surface area contributed by atoms with Crippen LogP contribution < -0.4 is 15.2 Å². The monoisotopic (exact) mass is 292 g/mol. The molecule has 0 bridgehead atoms. The average Bonchev–Trinajstić information content (AvgIpc) is 2.78. The minimum Gasteiger partial charge on any atom is -0.490 e. The van der Waals surface area contributed by atoms with Crippen molar-refractivity contribution in [1.82, 2.24) is 4.90 Å². The molecule has 2 N–H and O–H groups in total. The zero-order chi connectivity index (χ0) is 14.7. The number of rotatable bonds is 3. The van der Waals surface area contributed by atoms with E-state index in [4.69, 9.17) is 19.9 Å². The Bertz CT molecular complexity index is 469. The van der Waals surface area contributed by atoms with Crippen LogP contribution >= 0.6 is 0 Å². The topological polar surface area (TPSA) is 57.0 Å². The molecule has 0 aromatic heterocycles. The zero-order valence-electron chi connectivity index (χ0n) is 12.6. The van der Waals surface area contributed by atoms with Gasteiger partial charge in [-0.15, -0.1) is 0 Å². The van der Waals surface area contributed by atoms with Gasteiger partial charge in [0, 0.05) is 19.5 Å². The third-order valence-electron chi connectivity index (χ3n) is 4.21. The lowest BCUT2D eigenvalue weighted by Gasteiger charge is -2.40. The molecule has 3 rings (SSSR count). The van der Waals surface area contributed by atoms with Crippen molar-refractivity contribution in [3.05, 3.63) is 23.8 Å². The number of nitrogens with two attached hydrogens (primary N) is 1. The van der Waals surface area contributed by atoms with Crippen molar-refractivity contribution in [2.24, 2.45) is 5.73 Å². The van der Waals surface area contributed by atoms with Gasteiger partial charge in [-0.05, 0) is 24.2 Å². The van der Waals surface area contributed by atoms with Crippen LogP contribution in [0.4, 0.5) is 0 Å². The molecule has 2 atom stereocenters. The number of hydrogen-bond donors (Lipinski definition) is 1. The van der Waals surface area contributed by atoms with Crippen LogP contribution in [0.2, 0.25) is 0 Å². The van der Waals surface area contributed by atoms with Crippen LogP contribution in [0.1, 0.15) is 24.9 Å². The lowest BCUT2D eigenvalue weighted by molar-refractivity contribution is -0.0658. The van der Waals surface area contributed by atoms with E-state index in [1.807, 2.05) is 6.07 Å². The van der Waals surface area contributed by atoms with Gasteiger partial charge in [-0.2, -0.15) is 0 Å². The van der Waals surface area contributed by atoms with Crippen LogP contribution in [0.25, 0.3) is 0 Å². The van der Waals surface area contributed by atoms with Crippen molar-refractivity contribution in [3.8, 4) is 11.5 Å². The van der Waals surface area contributed by atoms with E-state index in [0.717, 1.165) is 37.6 Å². The third-order valence-corrected chi connectivity index (χ3v) is 4.21. The van der Waals surface area contributed by atoms with Crippen LogP contribution in [0.5, 0.6) is 11.5 Å². The zero-order valence-corrected chi connectivity index (χ0v) is 12.6. The van der Waals surface area contributed by atoms with Crippen LogP contribution in [0.15, 0.2) is 18.2 Å². The normalized spacial score (nSPS) is 26.4.